The second-order valence-corrected chi connectivity index (χ2v) is 5.21. The van der Waals surface area contributed by atoms with Gasteiger partial charge in [0, 0.05) is 11.4 Å². The molecule has 0 fully saturated rings. The normalized spacial score (nSPS) is 11.5. The van der Waals surface area contributed by atoms with Crippen molar-refractivity contribution in [2.45, 2.75) is 19.3 Å². The molecule has 4 heteroatoms. The van der Waals surface area contributed by atoms with Gasteiger partial charge < -0.3 is 9.47 Å². The Morgan fingerprint density at radius 1 is 1.00 bits per heavy atom. The van der Waals surface area contributed by atoms with Gasteiger partial charge in [0.2, 0.25) is 0 Å². The summed E-state index contributed by atoms with van der Waals surface area (Å²) in [5, 5.41) is 9.96. The van der Waals surface area contributed by atoms with Crippen molar-refractivity contribution >= 4 is 11.6 Å². The molecule has 0 saturated heterocycles. The zero-order valence-electron chi connectivity index (χ0n) is 12.5. The molecule has 22 heavy (non-hydrogen) atoms. The average Bonchev–Trinajstić information content (AvgIpc) is 2.54. The maximum atomic E-state index is 9.29. The summed E-state index contributed by atoms with van der Waals surface area (Å²) in [7, 11) is 0. The van der Waals surface area contributed by atoms with Gasteiger partial charge in [0.15, 0.2) is 0 Å². The molecule has 1 unspecified atom stereocenters. The summed E-state index contributed by atoms with van der Waals surface area (Å²) in [5.41, 5.74) is 0.960. The summed E-state index contributed by atoms with van der Waals surface area (Å²) in [4.78, 5) is 0. The van der Waals surface area contributed by atoms with Crippen molar-refractivity contribution in [1.29, 1.82) is 5.26 Å². The Labute approximate surface area is 136 Å². The maximum Gasteiger partial charge on any atom is 0.119 e. The Hall–Kier alpha value is -2.18. The van der Waals surface area contributed by atoms with Crippen LogP contribution < -0.4 is 9.47 Å². The largest absolute Gasteiger partial charge is 0.494 e. The smallest absolute Gasteiger partial charge is 0.119 e. The molecular formula is C18H18ClNO2. The molecule has 0 heterocycles. The molecule has 3 nitrogen and oxygen atoms in total. The number of hydrogen-bond acceptors (Lipinski definition) is 3. The first-order valence-corrected chi connectivity index (χ1v) is 7.61. The topological polar surface area (TPSA) is 42.2 Å². The van der Waals surface area contributed by atoms with E-state index in [1.54, 1.807) is 12.1 Å². The molecule has 0 saturated carbocycles. The third-order valence-electron chi connectivity index (χ3n) is 3.24. The van der Waals surface area contributed by atoms with E-state index >= 15 is 0 Å². The van der Waals surface area contributed by atoms with E-state index in [9.17, 15) is 5.26 Å². The van der Waals surface area contributed by atoms with E-state index in [0.29, 0.717) is 24.7 Å². The predicted molar refractivity (Wildman–Crippen MR) is 87.5 cm³/mol. The summed E-state index contributed by atoms with van der Waals surface area (Å²) in [6, 6.07) is 17.2. The molecule has 2 aromatic rings. The van der Waals surface area contributed by atoms with Gasteiger partial charge in [-0.25, -0.2) is 0 Å². The summed E-state index contributed by atoms with van der Waals surface area (Å²) in [6.07, 6.45) is 0.630. The minimum Gasteiger partial charge on any atom is -0.494 e. The molecule has 114 valence electrons. The second-order valence-electron chi connectivity index (χ2n) is 4.77. The number of nitriles is 1. The van der Waals surface area contributed by atoms with Crippen molar-refractivity contribution in [3.05, 3.63) is 59.1 Å². The Morgan fingerprint density at radius 2 is 1.59 bits per heavy atom. The van der Waals surface area contributed by atoms with Crippen LogP contribution in [0.2, 0.25) is 5.02 Å². The van der Waals surface area contributed by atoms with Gasteiger partial charge in [-0.2, -0.15) is 5.26 Å². The second kappa shape index (κ2) is 8.31. The quantitative estimate of drug-likeness (QED) is 0.736. The van der Waals surface area contributed by atoms with Crippen LogP contribution in [0, 0.1) is 11.3 Å². The van der Waals surface area contributed by atoms with E-state index in [1.165, 1.54) is 0 Å². The lowest BCUT2D eigenvalue weighted by Crippen LogP contribution is -2.04. The zero-order valence-corrected chi connectivity index (χ0v) is 13.2. The van der Waals surface area contributed by atoms with E-state index < -0.39 is 0 Å². The molecule has 2 aromatic carbocycles. The molecule has 0 N–H and O–H groups in total. The highest BCUT2D eigenvalue weighted by Gasteiger charge is 2.10. The van der Waals surface area contributed by atoms with Gasteiger partial charge in [-0.05, 0) is 48.9 Å². The highest BCUT2D eigenvalue weighted by Crippen LogP contribution is 2.22. The molecule has 0 bridgehead atoms. The number of benzene rings is 2. The standard InChI is InChI=1S/C18H18ClNO2/c1-2-21-17-7-9-18(10-8-17)22-12-11-15(13-20)14-3-5-16(19)6-4-14/h3-10,15H,2,11-12H2,1H3. The lowest BCUT2D eigenvalue weighted by molar-refractivity contribution is 0.304. The van der Waals surface area contributed by atoms with Gasteiger partial charge in [0.05, 0.1) is 25.2 Å². The maximum absolute atomic E-state index is 9.29. The summed E-state index contributed by atoms with van der Waals surface area (Å²) in [5.74, 6) is 1.40. The third kappa shape index (κ3) is 4.68. The van der Waals surface area contributed by atoms with E-state index in [0.717, 1.165) is 17.1 Å². The molecule has 0 amide bonds. The molecule has 0 aromatic heterocycles. The Kier molecular flexibility index (Phi) is 6.12. The van der Waals surface area contributed by atoms with Gasteiger partial charge in [-0.3, -0.25) is 0 Å². The Bertz CT molecular complexity index is 617. The SMILES string of the molecule is CCOc1ccc(OCCC(C#N)c2ccc(Cl)cc2)cc1. The lowest BCUT2D eigenvalue weighted by atomic mass is 9.98. The fourth-order valence-electron chi connectivity index (χ4n) is 2.09. The van der Waals surface area contributed by atoms with Crippen LogP contribution in [-0.4, -0.2) is 13.2 Å². The van der Waals surface area contributed by atoms with Crippen molar-refractivity contribution in [2.24, 2.45) is 0 Å². The van der Waals surface area contributed by atoms with Crippen LogP contribution >= 0.6 is 11.6 Å². The molecule has 0 radical (unpaired) electrons. The summed E-state index contributed by atoms with van der Waals surface area (Å²) >= 11 is 5.86. The van der Waals surface area contributed by atoms with E-state index in [-0.39, 0.29) is 5.92 Å². The first-order valence-electron chi connectivity index (χ1n) is 7.23. The monoisotopic (exact) mass is 315 g/mol. The summed E-state index contributed by atoms with van der Waals surface area (Å²) < 4.78 is 11.1. The molecular weight excluding hydrogens is 298 g/mol. The number of nitrogens with zero attached hydrogens (tertiary/aromatic N) is 1. The van der Waals surface area contributed by atoms with Gasteiger partial charge in [0.25, 0.3) is 0 Å². The number of halogens is 1. The van der Waals surface area contributed by atoms with Crippen LogP contribution in [0.5, 0.6) is 11.5 Å². The first-order chi connectivity index (χ1) is 10.7. The molecule has 0 aliphatic heterocycles. The fourth-order valence-corrected chi connectivity index (χ4v) is 2.22. The van der Waals surface area contributed by atoms with Crippen molar-refractivity contribution in [3.63, 3.8) is 0 Å². The van der Waals surface area contributed by atoms with E-state index in [1.807, 2.05) is 43.3 Å². The van der Waals surface area contributed by atoms with Gasteiger partial charge >= 0.3 is 0 Å². The van der Waals surface area contributed by atoms with Gasteiger partial charge in [-0.15, -0.1) is 0 Å². The molecule has 1 atom stereocenters. The Morgan fingerprint density at radius 3 is 2.14 bits per heavy atom. The highest BCUT2D eigenvalue weighted by atomic mass is 35.5. The minimum absolute atomic E-state index is 0.194. The molecule has 0 spiro atoms. The van der Waals surface area contributed by atoms with Crippen molar-refractivity contribution in [3.8, 4) is 17.6 Å². The van der Waals surface area contributed by atoms with Crippen LogP contribution in [0.4, 0.5) is 0 Å². The van der Waals surface area contributed by atoms with Crippen LogP contribution in [0.1, 0.15) is 24.8 Å². The van der Waals surface area contributed by atoms with Crippen molar-refractivity contribution < 1.29 is 9.47 Å². The van der Waals surface area contributed by atoms with Crippen molar-refractivity contribution in [2.75, 3.05) is 13.2 Å². The zero-order chi connectivity index (χ0) is 15.8. The number of ether oxygens (including phenoxy) is 2. The van der Waals surface area contributed by atoms with Gasteiger partial charge in [0.1, 0.15) is 11.5 Å². The van der Waals surface area contributed by atoms with Crippen LogP contribution in [-0.2, 0) is 0 Å². The highest BCUT2D eigenvalue weighted by molar-refractivity contribution is 6.30. The lowest BCUT2D eigenvalue weighted by Gasteiger charge is -2.11. The first kappa shape index (κ1) is 16.2. The predicted octanol–water partition coefficient (Wildman–Crippen LogP) is 4.81. The van der Waals surface area contributed by atoms with Gasteiger partial charge in [-0.1, -0.05) is 23.7 Å². The van der Waals surface area contributed by atoms with Crippen LogP contribution in [0.3, 0.4) is 0 Å². The average molecular weight is 316 g/mol. The molecule has 0 aliphatic rings. The molecule has 2 rings (SSSR count). The molecule has 0 aliphatic carbocycles. The number of rotatable bonds is 7. The van der Waals surface area contributed by atoms with E-state index in [4.69, 9.17) is 21.1 Å². The third-order valence-corrected chi connectivity index (χ3v) is 3.49. The summed E-state index contributed by atoms with van der Waals surface area (Å²) in [6.45, 7) is 3.07. The fraction of sp³-hybridized carbons (Fsp3) is 0.278. The van der Waals surface area contributed by atoms with Crippen molar-refractivity contribution in [1.82, 2.24) is 0 Å². The van der Waals surface area contributed by atoms with E-state index in [2.05, 4.69) is 6.07 Å². The van der Waals surface area contributed by atoms with Crippen LogP contribution in [0.25, 0.3) is 0 Å². The minimum atomic E-state index is -0.194. The number of hydrogen-bond donors (Lipinski definition) is 0. The Balaban J connectivity index is 1.86. The van der Waals surface area contributed by atoms with Crippen LogP contribution in [0.15, 0.2) is 48.5 Å².